The van der Waals surface area contributed by atoms with Crippen LogP contribution in [0.25, 0.3) is 0 Å². The summed E-state index contributed by atoms with van der Waals surface area (Å²) in [6.45, 7) is 3.85. The lowest BCUT2D eigenvalue weighted by atomic mass is 9.96. The van der Waals surface area contributed by atoms with Gasteiger partial charge in [-0.3, -0.25) is 9.59 Å². The molecule has 29 heavy (non-hydrogen) atoms. The molecular formula is C23H29N3O3. The molecule has 0 spiro atoms. The van der Waals surface area contributed by atoms with Gasteiger partial charge in [-0.1, -0.05) is 19.1 Å². The predicted octanol–water partition coefficient (Wildman–Crippen LogP) is 3.82. The lowest BCUT2D eigenvalue weighted by Crippen LogP contribution is -2.45. The van der Waals surface area contributed by atoms with Crippen molar-refractivity contribution in [2.45, 2.75) is 26.2 Å². The summed E-state index contributed by atoms with van der Waals surface area (Å²) in [5.74, 6) is 0.644. The maximum atomic E-state index is 13.2. The van der Waals surface area contributed by atoms with Gasteiger partial charge in [0.15, 0.2) is 0 Å². The fourth-order valence-electron chi connectivity index (χ4n) is 3.55. The first kappa shape index (κ1) is 20.7. The number of hydrogen-bond donors (Lipinski definition) is 2. The first-order chi connectivity index (χ1) is 14.1. The molecule has 1 atom stereocenters. The van der Waals surface area contributed by atoms with Crippen LogP contribution in [0.15, 0.2) is 48.5 Å². The molecule has 154 valence electrons. The number of benzene rings is 2. The van der Waals surface area contributed by atoms with Gasteiger partial charge in [-0.25, -0.2) is 0 Å². The third-order valence-corrected chi connectivity index (χ3v) is 5.16. The third kappa shape index (κ3) is 5.28. The highest BCUT2D eigenvalue weighted by Gasteiger charge is 2.29. The molecule has 1 aliphatic heterocycles. The molecule has 0 radical (unpaired) electrons. The number of anilines is 2. The number of carbonyl (C=O) groups excluding carboxylic acids is 2. The number of nitrogens with zero attached hydrogens (tertiary/aromatic N) is 1. The Morgan fingerprint density at radius 2 is 1.90 bits per heavy atom. The average Bonchev–Trinajstić information content (AvgIpc) is 2.78. The van der Waals surface area contributed by atoms with Crippen LogP contribution in [-0.4, -0.2) is 43.5 Å². The van der Waals surface area contributed by atoms with Crippen LogP contribution in [-0.2, 0) is 4.79 Å². The summed E-state index contributed by atoms with van der Waals surface area (Å²) in [6, 6.07) is 15.1. The molecule has 0 aliphatic carbocycles. The lowest BCUT2D eigenvalue weighted by Gasteiger charge is -2.32. The topological polar surface area (TPSA) is 70.7 Å². The molecule has 2 aromatic carbocycles. The molecule has 1 heterocycles. The summed E-state index contributed by atoms with van der Waals surface area (Å²) in [6.07, 6.45) is 2.57. The van der Waals surface area contributed by atoms with Crippen LogP contribution >= 0.6 is 0 Å². The first-order valence-electron chi connectivity index (χ1n) is 10.2. The Hall–Kier alpha value is -3.02. The smallest absolute Gasteiger partial charge is 0.255 e. The molecule has 1 unspecified atom stereocenters. The largest absolute Gasteiger partial charge is 0.497 e. The maximum Gasteiger partial charge on any atom is 0.255 e. The molecule has 6 nitrogen and oxygen atoms in total. The number of hydrogen-bond acceptors (Lipinski definition) is 4. The zero-order valence-corrected chi connectivity index (χ0v) is 17.1. The summed E-state index contributed by atoms with van der Waals surface area (Å²) in [5, 5.41) is 6.28. The number of likely N-dealkylation sites (tertiary alicyclic amines) is 1. The van der Waals surface area contributed by atoms with Crippen molar-refractivity contribution in [2.24, 2.45) is 5.92 Å². The van der Waals surface area contributed by atoms with Gasteiger partial charge < -0.3 is 20.3 Å². The fourth-order valence-corrected chi connectivity index (χ4v) is 3.55. The number of piperidine rings is 1. The zero-order chi connectivity index (χ0) is 20.6. The van der Waals surface area contributed by atoms with E-state index in [1.54, 1.807) is 12.0 Å². The minimum Gasteiger partial charge on any atom is -0.497 e. The first-order valence-corrected chi connectivity index (χ1v) is 10.2. The quantitative estimate of drug-likeness (QED) is 0.748. The van der Waals surface area contributed by atoms with Crippen molar-refractivity contribution in [2.75, 3.05) is 32.1 Å². The molecule has 2 aromatic rings. The van der Waals surface area contributed by atoms with Crippen LogP contribution in [0, 0.1) is 5.92 Å². The number of methoxy groups -OCH3 is 1. The molecule has 1 fully saturated rings. The van der Waals surface area contributed by atoms with Crippen LogP contribution in [0.2, 0.25) is 0 Å². The van der Waals surface area contributed by atoms with Gasteiger partial charge in [0.1, 0.15) is 5.75 Å². The molecule has 1 saturated heterocycles. The highest BCUT2D eigenvalue weighted by atomic mass is 16.5. The molecule has 1 aliphatic rings. The number of rotatable bonds is 7. The van der Waals surface area contributed by atoms with Crippen LogP contribution in [0.1, 0.15) is 36.5 Å². The van der Waals surface area contributed by atoms with Crippen molar-refractivity contribution in [1.29, 1.82) is 0 Å². The highest BCUT2D eigenvalue weighted by Crippen LogP contribution is 2.26. The molecule has 2 N–H and O–H groups in total. The zero-order valence-electron chi connectivity index (χ0n) is 17.1. The van der Waals surface area contributed by atoms with E-state index in [2.05, 4.69) is 10.6 Å². The Kier molecular flexibility index (Phi) is 7.11. The van der Waals surface area contributed by atoms with Crippen molar-refractivity contribution in [3.05, 3.63) is 54.1 Å². The van der Waals surface area contributed by atoms with Gasteiger partial charge in [0, 0.05) is 25.3 Å². The Balaban J connectivity index is 1.72. The Morgan fingerprint density at radius 1 is 1.14 bits per heavy atom. The van der Waals surface area contributed by atoms with E-state index in [-0.39, 0.29) is 17.7 Å². The number of carbonyl (C=O) groups is 2. The lowest BCUT2D eigenvalue weighted by molar-refractivity contribution is -0.126. The third-order valence-electron chi connectivity index (χ3n) is 5.16. The van der Waals surface area contributed by atoms with Gasteiger partial charge in [-0.15, -0.1) is 0 Å². The van der Waals surface area contributed by atoms with Crippen molar-refractivity contribution < 1.29 is 14.3 Å². The van der Waals surface area contributed by atoms with E-state index in [9.17, 15) is 9.59 Å². The second kappa shape index (κ2) is 9.96. The van der Waals surface area contributed by atoms with Crippen LogP contribution in [0.3, 0.4) is 0 Å². The average molecular weight is 396 g/mol. The van der Waals surface area contributed by atoms with E-state index in [0.29, 0.717) is 25.2 Å². The Bertz CT molecular complexity index is 836. The molecule has 0 bridgehead atoms. The standard InChI is InChI=1S/C23H29N3O3/c1-3-14-24-22(27)17-7-6-15-26(16-17)23(28)20-8-4-5-9-21(20)25-18-10-12-19(29-2)13-11-18/h4-5,8-13,17,25H,3,6-7,14-16H2,1-2H3,(H,24,27). The van der Waals surface area contributed by atoms with Crippen LogP contribution in [0.4, 0.5) is 11.4 Å². The monoisotopic (exact) mass is 395 g/mol. The van der Waals surface area contributed by atoms with E-state index in [1.807, 2.05) is 55.5 Å². The van der Waals surface area contributed by atoms with Crippen molar-refractivity contribution in [3.63, 3.8) is 0 Å². The number of nitrogens with one attached hydrogen (secondary N) is 2. The minimum absolute atomic E-state index is 0.0467. The molecule has 0 saturated carbocycles. The SMILES string of the molecule is CCCNC(=O)C1CCCN(C(=O)c2ccccc2Nc2ccc(OC)cc2)C1. The Labute approximate surface area is 172 Å². The van der Waals surface area contributed by atoms with Crippen LogP contribution < -0.4 is 15.4 Å². The van der Waals surface area contributed by atoms with Gasteiger partial charge in [0.25, 0.3) is 5.91 Å². The molecular weight excluding hydrogens is 366 g/mol. The summed E-state index contributed by atoms with van der Waals surface area (Å²) >= 11 is 0. The second-order valence-electron chi connectivity index (χ2n) is 7.28. The number of amides is 2. The van der Waals surface area contributed by atoms with Gasteiger partial charge in [0.05, 0.1) is 24.3 Å². The molecule has 0 aromatic heterocycles. The summed E-state index contributed by atoms with van der Waals surface area (Å²) < 4.78 is 5.19. The maximum absolute atomic E-state index is 13.2. The normalized spacial score (nSPS) is 16.2. The van der Waals surface area contributed by atoms with Gasteiger partial charge in [-0.05, 0) is 55.7 Å². The van der Waals surface area contributed by atoms with E-state index in [4.69, 9.17) is 4.74 Å². The number of ether oxygens (including phenoxy) is 1. The summed E-state index contributed by atoms with van der Waals surface area (Å²) in [4.78, 5) is 27.4. The van der Waals surface area contributed by atoms with E-state index in [0.717, 1.165) is 36.4 Å². The molecule has 2 amide bonds. The van der Waals surface area contributed by atoms with E-state index >= 15 is 0 Å². The molecule has 3 rings (SSSR count). The van der Waals surface area contributed by atoms with E-state index in [1.165, 1.54) is 0 Å². The van der Waals surface area contributed by atoms with Crippen LogP contribution in [0.5, 0.6) is 5.75 Å². The second-order valence-corrected chi connectivity index (χ2v) is 7.28. The summed E-state index contributed by atoms with van der Waals surface area (Å²) in [5.41, 5.74) is 2.24. The summed E-state index contributed by atoms with van der Waals surface area (Å²) in [7, 11) is 1.63. The van der Waals surface area contributed by atoms with Crippen molar-refractivity contribution in [1.82, 2.24) is 10.2 Å². The fraction of sp³-hybridized carbons (Fsp3) is 0.391. The van der Waals surface area contributed by atoms with Gasteiger partial charge >= 0.3 is 0 Å². The van der Waals surface area contributed by atoms with Crippen molar-refractivity contribution in [3.8, 4) is 5.75 Å². The van der Waals surface area contributed by atoms with E-state index < -0.39 is 0 Å². The predicted molar refractivity (Wildman–Crippen MR) is 115 cm³/mol. The van der Waals surface area contributed by atoms with Gasteiger partial charge in [0.2, 0.25) is 5.91 Å². The number of para-hydroxylation sites is 1. The highest BCUT2D eigenvalue weighted by molar-refractivity contribution is 6.00. The van der Waals surface area contributed by atoms with Crippen molar-refractivity contribution >= 4 is 23.2 Å². The minimum atomic E-state index is -0.138. The molecule has 6 heteroatoms. The Morgan fingerprint density at radius 3 is 2.62 bits per heavy atom. The van der Waals surface area contributed by atoms with Gasteiger partial charge in [-0.2, -0.15) is 0 Å².